The maximum absolute atomic E-state index is 5.19. The van der Waals surface area contributed by atoms with E-state index in [-0.39, 0.29) is 0 Å². The normalized spacial score (nSPS) is 10.1. The SMILES string of the molecule is C#CCCCNc1snc2ccccc12. The first-order valence-corrected chi connectivity index (χ1v) is 5.71. The number of hydrogen-bond donors (Lipinski definition) is 1. The molecule has 0 bridgehead atoms. The molecule has 0 aliphatic rings. The van der Waals surface area contributed by atoms with E-state index in [2.05, 4.69) is 21.7 Å². The highest BCUT2D eigenvalue weighted by atomic mass is 32.1. The number of nitrogens with one attached hydrogen (secondary N) is 1. The van der Waals surface area contributed by atoms with Crippen LogP contribution in [0.3, 0.4) is 0 Å². The summed E-state index contributed by atoms with van der Waals surface area (Å²) in [6, 6.07) is 8.15. The molecule has 0 radical (unpaired) electrons. The molecule has 1 heterocycles. The van der Waals surface area contributed by atoms with Crippen molar-refractivity contribution in [3.05, 3.63) is 24.3 Å². The van der Waals surface area contributed by atoms with E-state index in [1.165, 1.54) is 16.9 Å². The van der Waals surface area contributed by atoms with Gasteiger partial charge in [-0.3, -0.25) is 0 Å². The molecule has 2 nitrogen and oxygen atoms in total. The van der Waals surface area contributed by atoms with Crippen LogP contribution in [0, 0.1) is 12.3 Å². The first-order chi connectivity index (χ1) is 7.42. The van der Waals surface area contributed by atoms with Gasteiger partial charge in [-0.05, 0) is 30.1 Å². The first-order valence-electron chi connectivity index (χ1n) is 4.93. The zero-order chi connectivity index (χ0) is 10.5. The van der Waals surface area contributed by atoms with Gasteiger partial charge >= 0.3 is 0 Å². The second-order valence-corrected chi connectivity index (χ2v) is 4.04. The van der Waals surface area contributed by atoms with Crippen molar-refractivity contribution in [3.63, 3.8) is 0 Å². The molecule has 2 rings (SSSR count). The van der Waals surface area contributed by atoms with E-state index in [1.807, 2.05) is 18.2 Å². The summed E-state index contributed by atoms with van der Waals surface area (Å²) in [4.78, 5) is 0. The first kappa shape index (κ1) is 10.0. The van der Waals surface area contributed by atoms with Crippen LogP contribution in [0.15, 0.2) is 24.3 Å². The van der Waals surface area contributed by atoms with Crippen molar-refractivity contribution >= 4 is 27.4 Å². The summed E-state index contributed by atoms with van der Waals surface area (Å²) in [7, 11) is 0. The minimum atomic E-state index is 0.823. The lowest BCUT2D eigenvalue weighted by atomic mass is 10.2. The van der Waals surface area contributed by atoms with Gasteiger partial charge in [-0.1, -0.05) is 12.1 Å². The number of nitrogens with zero attached hydrogens (tertiary/aromatic N) is 1. The summed E-state index contributed by atoms with van der Waals surface area (Å²) in [5, 5.41) is 5.70. The zero-order valence-electron chi connectivity index (χ0n) is 8.36. The molecule has 0 atom stereocenters. The lowest BCUT2D eigenvalue weighted by molar-refractivity contribution is 0.911. The van der Waals surface area contributed by atoms with Crippen LogP contribution in [0.4, 0.5) is 5.00 Å². The summed E-state index contributed by atoms with van der Waals surface area (Å²) < 4.78 is 4.36. The van der Waals surface area contributed by atoms with Crippen LogP contribution in [0.5, 0.6) is 0 Å². The molecule has 0 amide bonds. The molecule has 0 fully saturated rings. The molecule has 1 aromatic heterocycles. The van der Waals surface area contributed by atoms with Crippen LogP contribution in [-0.4, -0.2) is 10.9 Å². The monoisotopic (exact) mass is 216 g/mol. The molecule has 2 aromatic rings. The highest BCUT2D eigenvalue weighted by Gasteiger charge is 2.03. The third kappa shape index (κ3) is 2.28. The van der Waals surface area contributed by atoms with Gasteiger partial charge in [-0.15, -0.1) is 12.3 Å². The Kier molecular flexibility index (Phi) is 3.21. The second-order valence-electron chi connectivity index (χ2n) is 3.26. The van der Waals surface area contributed by atoms with Gasteiger partial charge < -0.3 is 5.32 Å². The van der Waals surface area contributed by atoms with Crippen molar-refractivity contribution in [2.75, 3.05) is 11.9 Å². The number of aromatic nitrogens is 1. The zero-order valence-corrected chi connectivity index (χ0v) is 9.18. The van der Waals surface area contributed by atoms with Crippen LogP contribution in [0.2, 0.25) is 0 Å². The molecular formula is C12H12N2S. The van der Waals surface area contributed by atoms with E-state index in [0.717, 1.165) is 29.9 Å². The number of benzene rings is 1. The Morgan fingerprint density at radius 1 is 1.40 bits per heavy atom. The smallest absolute Gasteiger partial charge is 0.117 e. The topological polar surface area (TPSA) is 24.9 Å². The summed E-state index contributed by atoms with van der Waals surface area (Å²) in [5.74, 6) is 2.63. The third-order valence-electron chi connectivity index (χ3n) is 2.17. The van der Waals surface area contributed by atoms with E-state index in [0.29, 0.717) is 0 Å². The van der Waals surface area contributed by atoms with Gasteiger partial charge in [0.15, 0.2) is 0 Å². The maximum atomic E-state index is 5.19. The summed E-state index contributed by atoms with van der Waals surface area (Å²) >= 11 is 1.51. The molecule has 76 valence electrons. The third-order valence-corrected chi connectivity index (χ3v) is 3.00. The predicted molar refractivity (Wildman–Crippen MR) is 66.2 cm³/mol. The predicted octanol–water partition coefficient (Wildman–Crippen LogP) is 3.12. The van der Waals surface area contributed by atoms with Gasteiger partial charge in [0.2, 0.25) is 0 Å². The summed E-state index contributed by atoms with van der Waals surface area (Å²) in [6.07, 6.45) is 7.02. The van der Waals surface area contributed by atoms with Crippen molar-refractivity contribution in [2.24, 2.45) is 0 Å². The highest BCUT2D eigenvalue weighted by molar-refractivity contribution is 7.11. The van der Waals surface area contributed by atoms with E-state index < -0.39 is 0 Å². The molecule has 0 saturated heterocycles. The van der Waals surface area contributed by atoms with Gasteiger partial charge in [0, 0.05) is 18.4 Å². The van der Waals surface area contributed by atoms with Crippen LogP contribution in [0.25, 0.3) is 10.9 Å². The standard InChI is InChI=1S/C12H12N2S/c1-2-3-6-9-13-12-10-7-4-5-8-11(10)14-15-12/h1,4-5,7-8,13H,3,6,9H2. The fourth-order valence-electron chi connectivity index (χ4n) is 1.41. The van der Waals surface area contributed by atoms with Crippen molar-refractivity contribution in [1.82, 2.24) is 4.37 Å². The number of rotatable bonds is 4. The Bertz CT molecular complexity index is 482. The number of fused-ring (bicyclic) bond motifs is 1. The van der Waals surface area contributed by atoms with E-state index in [9.17, 15) is 0 Å². The van der Waals surface area contributed by atoms with Crippen LogP contribution < -0.4 is 5.32 Å². The van der Waals surface area contributed by atoms with Crippen LogP contribution in [-0.2, 0) is 0 Å². The lowest BCUT2D eigenvalue weighted by Gasteiger charge is -2.01. The Balaban J connectivity index is 2.05. The van der Waals surface area contributed by atoms with Crippen molar-refractivity contribution in [3.8, 4) is 12.3 Å². The van der Waals surface area contributed by atoms with Crippen LogP contribution in [0.1, 0.15) is 12.8 Å². The number of hydrogen-bond acceptors (Lipinski definition) is 3. The number of terminal acetylenes is 1. The Hall–Kier alpha value is -1.53. The minimum absolute atomic E-state index is 0.823. The van der Waals surface area contributed by atoms with Crippen molar-refractivity contribution < 1.29 is 0 Å². The molecule has 1 aromatic carbocycles. The van der Waals surface area contributed by atoms with Crippen molar-refractivity contribution in [1.29, 1.82) is 0 Å². The maximum Gasteiger partial charge on any atom is 0.117 e. The Morgan fingerprint density at radius 3 is 3.13 bits per heavy atom. The highest BCUT2D eigenvalue weighted by Crippen LogP contribution is 2.26. The van der Waals surface area contributed by atoms with E-state index in [1.54, 1.807) is 0 Å². The van der Waals surface area contributed by atoms with E-state index >= 15 is 0 Å². The van der Waals surface area contributed by atoms with Gasteiger partial charge in [0.25, 0.3) is 0 Å². The molecule has 0 spiro atoms. The lowest BCUT2D eigenvalue weighted by Crippen LogP contribution is -1.99. The van der Waals surface area contributed by atoms with Gasteiger partial charge in [0.1, 0.15) is 5.00 Å². The average molecular weight is 216 g/mol. The fourth-order valence-corrected chi connectivity index (χ4v) is 2.20. The van der Waals surface area contributed by atoms with Crippen LogP contribution >= 0.6 is 11.5 Å². The van der Waals surface area contributed by atoms with Crippen molar-refractivity contribution in [2.45, 2.75) is 12.8 Å². The molecule has 0 saturated carbocycles. The van der Waals surface area contributed by atoms with Gasteiger partial charge in [0.05, 0.1) is 5.52 Å². The molecule has 15 heavy (non-hydrogen) atoms. The molecule has 0 aliphatic heterocycles. The summed E-state index contributed by atoms with van der Waals surface area (Å²) in [5.41, 5.74) is 1.06. The summed E-state index contributed by atoms with van der Waals surface area (Å²) in [6.45, 7) is 0.913. The molecular weight excluding hydrogens is 204 g/mol. The fraction of sp³-hybridized carbons (Fsp3) is 0.250. The van der Waals surface area contributed by atoms with Gasteiger partial charge in [-0.25, -0.2) is 0 Å². The Morgan fingerprint density at radius 2 is 2.27 bits per heavy atom. The molecule has 0 unspecified atom stereocenters. The average Bonchev–Trinajstić information content (AvgIpc) is 2.68. The van der Waals surface area contributed by atoms with Gasteiger partial charge in [-0.2, -0.15) is 4.37 Å². The second kappa shape index (κ2) is 4.81. The Labute approximate surface area is 93.5 Å². The largest absolute Gasteiger partial charge is 0.375 e. The number of anilines is 1. The minimum Gasteiger partial charge on any atom is -0.375 e. The number of unbranched alkanes of at least 4 members (excludes halogenated alkanes) is 1. The molecule has 0 aliphatic carbocycles. The quantitative estimate of drug-likeness (QED) is 0.627. The molecule has 1 N–H and O–H groups in total. The molecule has 3 heteroatoms. The van der Waals surface area contributed by atoms with E-state index in [4.69, 9.17) is 6.42 Å².